The lowest BCUT2D eigenvalue weighted by molar-refractivity contribution is -0.132. The fourth-order valence-electron chi connectivity index (χ4n) is 1.81. The molecule has 3 nitrogen and oxygen atoms in total. The predicted molar refractivity (Wildman–Crippen MR) is 57.8 cm³/mol. The lowest BCUT2D eigenvalue weighted by Crippen LogP contribution is -2.49. The number of rotatable bonds is 3. The van der Waals surface area contributed by atoms with E-state index in [0.717, 1.165) is 0 Å². The molecule has 1 rings (SSSR count). The first kappa shape index (κ1) is 12.7. The van der Waals surface area contributed by atoms with Crippen LogP contribution < -0.4 is 5.73 Å². The van der Waals surface area contributed by atoms with E-state index in [0.29, 0.717) is 5.70 Å². The van der Waals surface area contributed by atoms with Crippen LogP contribution in [-0.2, 0) is 4.79 Å². The number of likely N-dealkylation sites (tertiary alicyclic amines) is 1. The second-order valence-corrected chi connectivity index (χ2v) is 4.03. The molecule has 1 fully saturated rings. The quantitative estimate of drug-likeness (QED) is 0.747. The molecule has 0 aromatic rings. The number of nitrogens with zero attached hydrogens (tertiary/aromatic N) is 1. The minimum absolute atomic E-state index is 0.216. The molecule has 0 radical (unpaired) electrons. The second kappa shape index (κ2) is 4.63. The van der Waals surface area contributed by atoms with Crippen molar-refractivity contribution in [3.63, 3.8) is 0 Å². The van der Waals surface area contributed by atoms with Crippen LogP contribution in [0.25, 0.3) is 0 Å². The average molecular weight is 230 g/mol. The van der Waals surface area contributed by atoms with Gasteiger partial charge in [0.15, 0.2) is 0 Å². The molecule has 1 amide bonds. The molecule has 1 aliphatic rings. The molecule has 0 saturated carbocycles. The number of primary amides is 1. The van der Waals surface area contributed by atoms with Gasteiger partial charge in [0.2, 0.25) is 5.91 Å². The number of halogens is 2. The summed E-state index contributed by atoms with van der Waals surface area (Å²) in [6.07, 6.45) is 2.88. The molecule has 0 bridgehead atoms. The van der Waals surface area contributed by atoms with Gasteiger partial charge in [0.1, 0.15) is 0 Å². The molecule has 2 N–H and O–H groups in total. The van der Waals surface area contributed by atoms with Crippen molar-refractivity contribution in [2.24, 2.45) is 11.7 Å². The van der Waals surface area contributed by atoms with Crippen LogP contribution in [0, 0.1) is 5.92 Å². The van der Waals surface area contributed by atoms with E-state index in [1.165, 1.54) is 4.90 Å². The van der Waals surface area contributed by atoms with Crippen LogP contribution in [0.2, 0.25) is 0 Å². The zero-order valence-electron chi connectivity index (χ0n) is 9.25. The number of nitrogens with two attached hydrogens (primary N) is 1. The standard InChI is InChI=1S/C11H16F2N2O/c1-3-4-8(2)15-6-9(10(14)16)5-11(12,13)7-15/h3-4,9H,2,5-7H2,1H3,(H2,14,16)/b4-3-. The van der Waals surface area contributed by atoms with Crippen LogP contribution in [0.1, 0.15) is 13.3 Å². The van der Waals surface area contributed by atoms with Gasteiger partial charge in [-0.15, -0.1) is 0 Å². The van der Waals surface area contributed by atoms with Crippen LogP contribution in [0.4, 0.5) is 8.78 Å². The van der Waals surface area contributed by atoms with Gasteiger partial charge in [-0.1, -0.05) is 12.7 Å². The smallest absolute Gasteiger partial charge is 0.266 e. The van der Waals surface area contributed by atoms with Gasteiger partial charge < -0.3 is 10.6 Å². The van der Waals surface area contributed by atoms with E-state index in [-0.39, 0.29) is 6.54 Å². The Morgan fingerprint density at radius 3 is 2.75 bits per heavy atom. The third-order valence-electron chi connectivity index (χ3n) is 2.58. The Morgan fingerprint density at radius 2 is 2.25 bits per heavy atom. The second-order valence-electron chi connectivity index (χ2n) is 4.03. The molecular weight excluding hydrogens is 214 g/mol. The van der Waals surface area contributed by atoms with Gasteiger partial charge in [-0.3, -0.25) is 4.79 Å². The number of carbonyl (C=O) groups is 1. The summed E-state index contributed by atoms with van der Waals surface area (Å²) in [7, 11) is 0. The Morgan fingerprint density at radius 1 is 1.62 bits per heavy atom. The number of amides is 1. The van der Waals surface area contributed by atoms with Gasteiger partial charge in [-0.2, -0.15) is 0 Å². The first-order valence-electron chi connectivity index (χ1n) is 5.09. The van der Waals surface area contributed by atoms with E-state index in [4.69, 9.17) is 5.73 Å². The molecule has 0 aromatic carbocycles. The highest BCUT2D eigenvalue weighted by Gasteiger charge is 2.42. The number of carbonyl (C=O) groups excluding carboxylic acids is 1. The van der Waals surface area contributed by atoms with E-state index in [1.54, 1.807) is 19.1 Å². The highest BCUT2D eigenvalue weighted by atomic mass is 19.3. The van der Waals surface area contributed by atoms with Crippen LogP contribution in [0.15, 0.2) is 24.4 Å². The predicted octanol–water partition coefficient (Wildman–Crippen LogP) is 1.52. The van der Waals surface area contributed by atoms with Crippen molar-refractivity contribution >= 4 is 5.91 Å². The summed E-state index contributed by atoms with van der Waals surface area (Å²) in [4.78, 5) is 12.4. The van der Waals surface area contributed by atoms with Gasteiger partial charge in [-0.25, -0.2) is 8.78 Å². The Bertz CT molecular complexity index is 326. The maximum atomic E-state index is 13.4. The summed E-state index contributed by atoms with van der Waals surface area (Å²) >= 11 is 0. The van der Waals surface area contributed by atoms with E-state index < -0.39 is 30.7 Å². The molecular formula is C11H16F2N2O. The van der Waals surface area contributed by atoms with Crippen molar-refractivity contribution in [2.75, 3.05) is 13.1 Å². The van der Waals surface area contributed by atoms with Gasteiger partial charge in [0.05, 0.1) is 12.5 Å². The molecule has 1 unspecified atom stereocenters. The minimum Gasteiger partial charge on any atom is -0.369 e. The topological polar surface area (TPSA) is 46.3 Å². The van der Waals surface area contributed by atoms with Gasteiger partial charge in [0, 0.05) is 18.7 Å². The summed E-state index contributed by atoms with van der Waals surface area (Å²) in [6.45, 7) is 5.27. The van der Waals surface area contributed by atoms with Crippen molar-refractivity contribution in [3.8, 4) is 0 Å². The van der Waals surface area contributed by atoms with E-state index >= 15 is 0 Å². The molecule has 0 aromatic heterocycles. The van der Waals surface area contributed by atoms with Crippen LogP contribution >= 0.6 is 0 Å². The largest absolute Gasteiger partial charge is 0.369 e. The number of allylic oxidation sites excluding steroid dienone is 2. The first-order chi connectivity index (χ1) is 7.35. The highest BCUT2D eigenvalue weighted by Crippen LogP contribution is 2.31. The summed E-state index contributed by atoms with van der Waals surface area (Å²) < 4.78 is 26.7. The highest BCUT2D eigenvalue weighted by molar-refractivity contribution is 5.77. The Labute approximate surface area is 93.6 Å². The fraction of sp³-hybridized carbons (Fsp3) is 0.545. The van der Waals surface area contributed by atoms with E-state index in [2.05, 4.69) is 6.58 Å². The summed E-state index contributed by atoms with van der Waals surface area (Å²) in [6, 6.07) is 0. The summed E-state index contributed by atoms with van der Waals surface area (Å²) in [5, 5.41) is 0. The maximum absolute atomic E-state index is 13.4. The molecule has 1 heterocycles. The Hall–Kier alpha value is -1.39. The van der Waals surface area contributed by atoms with Crippen molar-refractivity contribution < 1.29 is 13.6 Å². The Balaban J connectivity index is 2.80. The van der Waals surface area contributed by atoms with E-state index in [9.17, 15) is 13.6 Å². The Kier molecular flexibility index (Phi) is 3.67. The first-order valence-corrected chi connectivity index (χ1v) is 5.09. The number of alkyl halides is 2. The number of hydrogen-bond donors (Lipinski definition) is 1. The maximum Gasteiger partial charge on any atom is 0.266 e. The van der Waals surface area contributed by atoms with Gasteiger partial charge >= 0.3 is 0 Å². The van der Waals surface area contributed by atoms with Gasteiger partial charge in [-0.05, 0) is 13.0 Å². The molecule has 1 saturated heterocycles. The molecule has 90 valence electrons. The zero-order chi connectivity index (χ0) is 12.3. The van der Waals surface area contributed by atoms with Crippen LogP contribution in [-0.4, -0.2) is 29.8 Å². The molecule has 5 heteroatoms. The zero-order valence-corrected chi connectivity index (χ0v) is 9.25. The number of piperidine rings is 1. The van der Waals surface area contributed by atoms with Crippen LogP contribution in [0.3, 0.4) is 0 Å². The average Bonchev–Trinajstić information content (AvgIpc) is 2.15. The lowest BCUT2D eigenvalue weighted by atomic mass is 9.94. The van der Waals surface area contributed by atoms with Crippen molar-refractivity contribution in [3.05, 3.63) is 24.4 Å². The molecule has 0 aliphatic carbocycles. The third kappa shape index (κ3) is 3.05. The molecule has 16 heavy (non-hydrogen) atoms. The summed E-state index contributed by atoms with van der Waals surface area (Å²) in [5.74, 6) is -4.38. The third-order valence-corrected chi connectivity index (χ3v) is 2.58. The van der Waals surface area contributed by atoms with Gasteiger partial charge in [0.25, 0.3) is 5.92 Å². The van der Waals surface area contributed by atoms with Crippen molar-refractivity contribution in [2.45, 2.75) is 19.3 Å². The fourth-order valence-corrected chi connectivity index (χ4v) is 1.81. The van der Waals surface area contributed by atoms with Crippen molar-refractivity contribution in [1.29, 1.82) is 0 Å². The molecule has 1 aliphatic heterocycles. The lowest BCUT2D eigenvalue weighted by Gasteiger charge is -2.37. The van der Waals surface area contributed by atoms with E-state index in [1.807, 2.05) is 0 Å². The molecule has 1 atom stereocenters. The monoisotopic (exact) mass is 230 g/mol. The summed E-state index contributed by atoms with van der Waals surface area (Å²) in [5.41, 5.74) is 5.56. The number of hydrogen-bond acceptors (Lipinski definition) is 2. The van der Waals surface area contributed by atoms with Crippen LogP contribution in [0.5, 0.6) is 0 Å². The molecule has 0 spiro atoms. The normalized spacial score (nSPS) is 24.7. The SMILES string of the molecule is C=C(/C=C\C)N1CC(C(N)=O)CC(F)(F)C1. The van der Waals surface area contributed by atoms with Crippen molar-refractivity contribution in [1.82, 2.24) is 4.90 Å². The minimum atomic E-state index is -2.89.